The lowest BCUT2D eigenvalue weighted by molar-refractivity contribution is 0.389. The minimum atomic E-state index is 0.638. The number of guanidine groups is 1. The average molecular weight is 189 g/mol. The Hall–Kier alpha value is -1.51. The lowest BCUT2D eigenvalue weighted by atomic mass is 10.0. The topological polar surface area (TPSA) is 41.6 Å². The molecule has 1 aliphatic heterocycles. The largest absolute Gasteiger partial charge is 0.370 e. The van der Waals surface area contributed by atoms with E-state index in [2.05, 4.69) is 34.2 Å². The van der Waals surface area contributed by atoms with E-state index in [1.54, 1.807) is 7.05 Å². The van der Waals surface area contributed by atoms with Crippen molar-refractivity contribution in [3.63, 3.8) is 0 Å². The van der Waals surface area contributed by atoms with Crippen LogP contribution in [0.5, 0.6) is 0 Å². The molecule has 0 amide bonds. The van der Waals surface area contributed by atoms with Crippen LogP contribution in [-0.2, 0) is 13.0 Å². The van der Waals surface area contributed by atoms with Crippen molar-refractivity contribution in [1.29, 1.82) is 0 Å². The summed E-state index contributed by atoms with van der Waals surface area (Å²) < 4.78 is 0. The van der Waals surface area contributed by atoms with Crippen molar-refractivity contribution < 1.29 is 0 Å². The highest BCUT2D eigenvalue weighted by Gasteiger charge is 2.16. The third kappa shape index (κ3) is 1.58. The molecule has 0 saturated heterocycles. The van der Waals surface area contributed by atoms with E-state index >= 15 is 0 Å². The Morgan fingerprint density at radius 3 is 2.79 bits per heavy atom. The van der Waals surface area contributed by atoms with E-state index in [1.807, 2.05) is 0 Å². The Labute approximate surface area is 84.2 Å². The van der Waals surface area contributed by atoms with E-state index in [0.717, 1.165) is 19.5 Å². The highest BCUT2D eigenvalue weighted by atomic mass is 15.2. The number of hydrogen-bond acceptors (Lipinski definition) is 1. The summed E-state index contributed by atoms with van der Waals surface area (Å²) in [5.41, 5.74) is 8.58. The first-order valence-electron chi connectivity index (χ1n) is 4.85. The number of hydrogen-bond donors (Lipinski definition) is 1. The lowest BCUT2D eigenvalue weighted by Gasteiger charge is -2.29. The van der Waals surface area contributed by atoms with Gasteiger partial charge in [-0.1, -0.05) is 24.3 Å². The van der Waals surface area contributed by atoms with Gasteiger partial charge < -0.3 is 10.6 Å². The second kappa shape index (κ2) is 3.70. The van der Waals surface area contributed by atoms with Crippen LogP contribution in [0, 0.1) is 0 Å². The summed E-state index contributed by atoms with van der Waals surface area (Å²) in [4.78, 5) is 6.12. The zero-order valence-electron chi connectivity index (χ0n) is 8.40. The number of fused-ring (bicyclic) bond motifs is 1. The highest BCUT2D eigenvalue weighted by molar-refractivity contribution is 5.78. The van der Waals surface area contributed by atoms with Crippen LogP contribution in [-0.4, -0.2) is 24.5 Å². The molecule has 3 heteroatoms. The van der Waals surface area contributed by atoms with Gasteiger partial charge in [-0.05, 0) is 17.5 Å². The number of benzene rings is 1. The third-order valence-corrected chi connectivity index (χ3v) is 2.68. The van der Waals surface area contributed by atoms with Crippen LogP contribution in [0.1, 0.15) is 11.1 Å². The molecule has 1 aromatic carbocycles. The number of aliphatic imine (C=N–C) groups is 1. The van der Waals surface area contributed by atoms with Crippen LogP contribution in [0.4, 0.5) is 0 Å². The van der Waals surface area contributed by atoms with Gasteiger partial charge >= 0.3 is 0 Å². The number of nitrogens with two attached hydrogens (primary N) is 1. The van der Waals surface area contributed by atoms with E-state index < -0.39 is 0 Å². The summed E-state index contributed by atoms with van der Waals surface area (Å²) in [6.07, 6.45) is 1.06. The summed E-state index contributed by atoms with van der Waals surface area (Å²) in [5.74, 6) is 0.638. The molecule has 0 unspecified atom stereocenters. The van der Waals surface area contributed by atoms with Crippen molar-refractivity contribution in [3.8, 4) is 0 Å². The fraction of sp³-hybridized carbons (Fsp3) is 0.364. The summed E-state index contributed by atoms with van der Waals surface area (Å²) in [5, 5.41) is 0. The monoisotopic (exact) mass is 189 g/mol. The Balaban J connectivity index is 2.21. The maximum Gasteiger partial charge on any atom is 0.191 e. The SMILES string of the molecule is CN=C(N)N1CCc2ccccc2C1. The normalized spacial score (nSPS) is 16.6. The quantitative estimate of drug-likeness (QED) is 0.488. The third-order valence-electron chi connectivity index (χ3n) is 2.68. The van der Waals surface area contributed by atoms with Crippen molar-refractivity contribution in [2.45, 2.75) is 13.0 Å². The lowest BCUT2D eigenvalue weighted by Crippen LogP contribution is -2.40. The minimum absolute atomic E-state index is 0.638. The van der Waals surface area contributed by atoms with Crippen molar-refractivity contribution >= 4 is 5.96 Å². The standard InChI is InChI=1S/C11H15N3/c1-13-11(12)14-7-6-9-4-2-3-5-10(9)8-14/h2-5H,6-8H2,1H3,(H2,12,13). The zero-order chi connectivity index (χ0) is 9.97. The first-order valence-corrected chi connectivity index (χ1v) is 4.85. The molecule has 0 atom stereocenters. The minimum Gasteiger partial charge on any atom is -0.370 e. The van der Waals surface area contributed by atoms with Gasteiger partial charge in [0, 0.05) is 20.1 Å². The van der Waals surface area contributed by atoms with Crippen LogP contribution < -0.4 is 5.73 Å². The second-order valence-electron chi connectivity index (χ2n) is 3.52. The molecule has 1 aromatic rings. The van der Waals surface area contributed by atoms with Crippen molar-refractivity contribution in [2.24, 2.45) is 10.7 Å². The molecule has 0 radical (unpaired) electrons. The fourth-order valence-corrected chi connectivity index (χ4v) is 1.83. The summed E-state index contributed by atoms with van der Waals surface area (Å²) in [7, 11) is 1.73. The first kappa shape index (κ1) is 9.06. The fourth-order valence-electron chi connectivity index (χ4n) is 1.83. The van der Waals surface area contributed by atoms with E-state index in [9.17, 15) is 0 Å². The Morgan fingerprint density at radius 2 is 2.07 bits per heavy atom. The van der Waals surface area contributed by atoms with E-state index in [4.69, 9.17) is 5.73 Å². The number of nitrogens with zero attached hydrogens (tertiary/aromatic N) is 2. The predicted octanol–water partition coefficient (Wildman–Crippen LogP) is 0.989. The zero-order valence-corrected chi connectivity index (χ0v) is 8.40. The molecule has 0 bridgehead atoms. The van der Waals surface area contributed by atoms with Crippen LogP contribution in [0.2, 0.25) is 0 Å². The van der Waals surface area contributed by atoms with Crippen LogP contribution >= 0.6 is 0 Å². The van der Waals surface area contributed by atoms with Gasteiger partial charge in [0.2, 0.25) is 0 Å². The Bertz CT molecular complexity index is 357. The highest BCUT2D eigenvalue weighted by Crippen LogP contribution is 2.17. The molecular formula is C11H15N3. The van der Waals surface area contributed by atoms with Crippen molar-refractivity contribution in [1.82, 2.24) is 4.90 Å². The summed E-state index contributed by atoms with van der Waals surface area (Å²) in [6, 6.07) is 8.50. The Kier molecular flexibility index (Phi) is 2.39. The van der Waals surface area contributed by atoms with Crippen molar-refractivity contribution in [3.05, 3.63) is 35.4 Å². The summed E-state index contributed by atoms with van der Waals surface area (Å²) >= 11 is 0. The smallest absolute Gasteiger partial charge is 0.191 e. The maximum atomic E-state index is 5.78. The van der Waals surface area contributed by atoms with Gasteiger partial charge in [-0.25, -0.2) is 0 Å². The summed E-state index contributed by atoms with van der Waals surface area (Å²) in [6.45, 7) is 1.86. The molecule has 0 aliphatic carbocycles. The molecule has 14 heavy (non-hydrogen) atoms. The molecule has 1 aliphatic rings. The molecular weight excluding hydrogens is 174 g/mol. The van der Waals surface area contributed by atoms with Gasteiger partial charge in [-0.2, -0.15) is 0 Å². The van der Waals surface area contributed by atoms with Crippen LogP contribution in [0.25, 0.3) is 0 Å². The van der Waals surface area contributed by atoms with Gasteiger partial charge in [0.15, 0.2) is 5.96 Å². The maximum absolute atomic E-state index is 5.78. The predicted molar refractivity (Wildman–Crippen MR) is 58.1 cm³/mol. The molecule has 0 fully saturated rings. The van der Waals surface area contributed by atoms with Gasteiger partial charge in [-0.3, -0.25) is 4.99 Å². The van der Waals surface area contributed by atoms with Gasteiger partial charge in [0.25, 0.3) is 0 Å². The average Bonchev–Trinajstić information content (AvgIpc) is 2.27. The molecule has 0 saturated carbocycles. The molecule has 2 N–H and O–H groups in total. The molecule has 0 spiro atoms. The van der Waals surface area contributed by atoms with Gasteiger partial charge in [-0.15, -0.1) is 0 Å². The van der Waals surface area contributed by atoms with Crippen LogP contribution in [0.3, 0.4) is 0 Å². The van der Waals surface area contributed by atoms with Gasteiger partial charge in [0.1, 0.15) is 0 Å². The first-order chi connectivity index (χ1) is 6.81. The van der Waals surface area contributed by atoms with Crippen molar-refractivity contribution in [2.75, 3.05) is 13.6 Å². The molecule has 2 rings (SSSR count). The molecule has 0 aromatic heterocycles. The van der Waals surface area contributed by atoms with E-state index in [1.165, 1.54) is 11.1 Å². The molecule has 74 valence electrons. The van der Waals surface area contributed by atoms with Gasteiger partial charge in [0.05, 0.1) is 0 Å². The second-order valence-corrected chi connectivity index (χ2v) is 3.52. The van der Waals surface area contributed by atoms with E-state index in [-0.39, 0.29) is 0 Å². The van der Waals surface area contributed by atoms with E-state index in [0.29, 0.717) is 5.96 Å². The Morgan fingerprint density at radius 1 is 1.36 bits per heavy atom. The molecule has 3 nitrogen and oxygen atoms in total. The molecule has 1 heterocycles. The van der Waals surface area contributed by atoms with Crippen LogP contribution in [0.15, 0.2) is 29.3 Å². The number of rotatable bonds is 0.